The molecule has 0 N–H and O–H groups in total. The molecule has 0 bridgehead atoms. The summed E-state index contributed by atoms with van der Waals surface area (Å²) in [5.41, 5.74) is 5.45. The number of hydrogen-bond acceptors (Lipinski definition) is 5. The van der Waals surface area contributed by atoms with Crippen molar-refractivity contribution in [3.05, 3.63) is 65.2 Å². The molecule has 4 aromatic rings. The lowest BCUT2D eigenvalue weighted by Gasteiger charge is -2.10. The lowest BCUT2D eigenvalue weighted by atomic mass is 10.0. The number of rotatable bonds is 6. The van der Waals surface area contributed by atoms with Crippen LogP contribution in [0.25, 0.3) is 27.8 Å². The molecular weight excluding hydrogens is 393 g/mol. The van der Waals surface area contributed by atoms with Crippen molar-refractivity contribution in [3.8, 4) is 22.7 Å². The Morgan fingerprint density at radius 2 is 1.87 bits per heavy atom. The molecule has 0 aliphatic heterocycles. The molecule has 4 rings (SSSR count). The van der Waals surface area contributed by atoms with Crippen LogP contribution in [0.5, 0.6) is 5.75 Å². The van der Waals surface area contributed by atoms with Crippen LogP contribution in [0.1, 0.15) is 23.9 Å². The number of aromatic nitrogens is 4. The molecule has 0 aliphatic carbocycles. The van der Waals surface area contributed by atoms with E-state index in [1.165, 1.54) is 11.6 Å². The summed E-state index contributed by atoms with van der Waals surface area (Å²) in [7, 11) is 4.07. The summed E-state index contributed by atoms with van der Waals surface area (Å²) in [6.45, 7) is 6.99. The van der Waals surface area contributed by atoms with E-state index in [4.69, 9.17) is 9.84 Å². The van der Waals surface area contributed by atoms with Crippen molar-refractivity contribution in [3.63, 3.8) is 0 Å². The van der Waals surface area contributed by atoms with Gasteiger partial charge in [-0.05, 0) is 58.6 Å². The van der Waals surface area contributed by atoms with Crippen LogP contribution in [0, 0.1) is 19.7 Å². The highest BCUT2D eigenvalue weighted by Gasteiger charge is 2.20. The predicted octanol–water partition coefficient (Wildman–Crippen LogP) is 4.70. The van der Waals surface area contributed by atoms with E-state index in [9.17, 15) is 4.39 Å². The van der Waals surface area contributed by atoms with Gasteiger partial charge in [-0.1, -0.05) is 18.2 Å². The van der Waals surface area contributed by atoms with E-state index in [2.05, 4.69) is 27.2 Å². The van der Waals surface area contributed by atoms with E-state index >= 15 is 0 Å². The maximum Gasteiger partial charge on any atom is 0.152 e. The molecule has 2 aromatic heterocycles. The number of hydrogen-bond donors (Lipinski definition) is 0. The van der Waals surface area contributed by atoms with Crippen molar-refractivity contribution in [2.45, 2.75) is 27.3 Å². The molecular formula is C24H26FN5O. The summed E-state index contributed by atoms with van der Waals surface area (Å²) in [5, 5.41) is 14.5. The minimum Gasteiger partial charge on any atom is -0.494 e. The van der Waals surface area contributed by atoms with Crippen LogP contribution in [0.15, 0.2) is 42.5 Å². The normalized spacial score (nSPS) is 11.5. The Hall–Kier alpha value is -3.32. The molecule has 0 saturated carbocycles. The molecule has 0 spiro atoms. The van der Waals surface area contributed by atoms with Gasteiger partial charge in [0.25, 0.3) is 0 Å². The molecule has 7 heteroatoms. The fraction of sp³-hybridized carbons (Fsp3) is 0.292. The van der Waals surface area contributed by atoms with Crippen LogP contribution < -0.4 is 4.74 Å². The minimum absolute atomic E-state index is 0.365. The molecule has 0 saturated heterocycles. The predicted molar refractivity (Wildman–Crippen MR) is 120 cm³/mol. The number of halogens is 1. The van der Waals surface area contributed by atoms with Crippen molar-refractivity contribution < 1.29 is 9.13 Å². The van der Waals surface area contributed by atoms with Gasteiger partial charge in [0.05, 0.1) is 18.0 Å². The van der Waals surface area contributed by atoms with E-state index in [1.54, 1.807) is 16.8 Å². The van der Waals surface area contributed by atoms with Crippen molar-refractivity contribution in [1.82, 2.24) is 24.9 Å². The topological polar surface area (TPSA) is 56.1 Å². The number of nitrogens with zero attached hydrogens (tertiary/aromatic N) is 5. The SMILES string of the molecule is CCOc1ccc(-n2nc3c(-c4cccc(CN(C)C)c4)nnc(C)c3c2C)c(F)c1. The third-order valence-electron chi connectivity index (χ3n) is 5.16. The quantitative estimate of drug-likeness (QED) is 0.453. The Kier molecular flexibility index (Phi) is 5.69. The van der Waals surface area contributed by atoms with Gasteiger partial charge in [-0.2, -0.15) is 10.2 Å². The molecule has 0 amide bonds. The first-order chi connectivity index (χ1) is 14.9. The zero-order valence-electron chi connectivity index (χ0n) is 18.5. The van der Waals surface area contributed by atoms with Crippen LogP contribution in [-0.4, -0.2) is 45.6 Å². The maximum absolute atomic E-state index is 14.9. The molecule has 160 valence electrons. The van der Waals surface area contributed by atoms with E-state index in [0.717, 1.165) is 28.9 Å². The summed E-state index contributed by atoms with van der Waals surface area (Å²) in [4.78, 5) is 2.11. The monoisotopic (exact) mass is 419 g/mol. The van der Waals surface area contributed by atoms with E-state index in [1.807, 2.05) is 47.0 Å². The molecule has 6 nitrogen and oxygen atoms in total. The van der Waals surface area contributed by atoms with Gasteiger partial charge < -0.3 is 9.64 Å². The fourth-order valence-corrected chi connectivity index (χ4v) is 3.85. The van der Waals surface area contributed by atoms with Gasteiger partial charge in [0.15, 0.2) is 5.82 Å². The van der Waals surface area contributed by atoms with Crippen LogP contribution >= 0.6 is 0 Å². The first kappa shape index (κ1) is 20.9. The number of ether oxygens (including phenoxy) is 1. The Morgan fingerprint density at radius 3 is 2.58 bits per heavy atom. The summed E-state index contributed by atoms with van der Waals surface area (Å²) in [6, 6.07) is 13.0. The Balaban J connectivity index is 1.87. The molecule has 31 heavy (non-hydrogen) atoms. The molecule has 0 fully saturated rings. The largest absolute Gasteiger partial charge is 0.494 e. The standard InChI is InChI=1S/C24H26FN5O/c1-6-31-19-10-11-21(20(25)13-19)30-16(3)22-15(2)26-27-23(24(22)28-30)18-9-7-8-17(12-18)14-29(4)5/h7-13H,6,14H2,1-5H3. The second kappa shape index (κ2) is 8.43. The Morgan fingerprint density at radius 1 is 1.06 bits per heavy atom. The first-order valence-corrected chi connectivity index (χ1v) is 10.3. The second-order valence-corrected chi connectivity index (χ2v) is 7.84. The van der Waals surface area contributed by atoms with Crippen molar-refractivity contribution in [2.24, 2.45) is 0 Å². The van der Waals surface area contributed by atoms with Crippen molar-refractivity contribution >= 4 is 10.9 Å². The van der Waals surface area contributed by atoms with Crippen LogP contribution in [0.3, 0.4) is 0 Å². The summed E-state index contributed by atoms with van der Waals surface area (Å²) in [5.74, 6) is 0.103. The van der Waals surface area contributed by atoms with E-state index in [0.29, 0.717) is 29.3 Å². The highest BCUT2D eigenvalue weighted by atomic mass is 19.1. The molecule has 0 radical (unpaired) electrons. The zero-order chi connectivity index (χ0) is 22.1. The Bertz CT molecular complexity index is 1250. The molecule has 0 aliphatic rings. The molecule has 2 heterocycles. The highest BCUT2D eigenvalue weighted by Crippen LogP contribution is 2.31. The number of aryl methyl sites for hydroxylation is 2. The lowest BCUT2D eigenvalue weighted by molar-refractivity contribution is 0.338. The summed E-state index contributed by atoms with van der Waals surface area (Å²) < 4.78 is 21.9. The van der Waals surface area contributed by atoms with Crippen LogP contribution in [-0.2, 0) is 6.54 Å². The van der Waals surface area contributed by atoms with Gasteiger partial charge in [-0.3, -0.25) is 0 Å². The first-order valence-electron chi connectivity index (χ1n) is 10.3. The van der Waals surface area contributed by atoms with Gasteiger partial charge in [-0.25, -0.2) is 9.07 Å². The number of fused-ring (bicyclic) bond motifs is 1. The van der Waals surface area contributed by atoms with Gasteiger partial charge in [0.2, 0.25) is 0 Å². The number of benzene rings is 2. The van der Waals surface area contributed by atoms with Crippen molar-refractivity contribution in [1.29, 1.82) is 0 Å². The molecule has 2 aromatic carbocycles. The van der Waals surface area contributed by atoms with E-state index in [-0.39, 0.29) is 0 Å². The van der Waals surface area contributed by atoms with Gasteiger partial charge in [-0.15, -0.1) is 5.10 Å². The zero-order valence-corrected chi connectivity index (χ0v) is 18.5. The minimum atomic E-state index is -0.394. The summed E-state index contributed by atoms with van der Waals surface area (Å²) in [6.07, 6.45) is 0. The maximum atomic E-state index is 14.9. The third-order valence-corrected chi connectivity index (χ3v) is 5.16. The van der Waals surface area contributed by atoms with Gasteiger partial charge >= 0.3 is 0 Å². The highest BCUT2D eigenvalue weighted by molar-refractivity contribution is 5.94. The second-order valence-electron chi connectivity index (χ2n) is 7.84. The van der Waals surface area contributed by atoms with E-state index < -0.39 is 5.82 Å². The van der Waals surface area contributed by atoms with Gasteiger partial charge in [0, 0.05) is 23.6 Å². The molecule has 0 unspecified atom stereocenters. The fourth-order valence-electron chi connectivity index (χ4n) is 3.85. The van der Waals surface area contributed by atoms with Crippen LogP contribution in [0.4, 0.5) is 4.39 Å². The molecule has 0 atom stereocenters. The van der Waals surface area contributed by atoms with Crippen LogP contribution in [0.2, 0.25) is 0 Å². The lowest BCUT2D eigenvalue weighted by Crippen LogP contribution is -2.10. The average Bonchev–Trinajstić information content (AvgIpc) is 3.06. The van der Waals surface area contributed by atoms with Crippen molar-refractivity contribution in [2.75, 3.05) is 20.7 Å². The third kappa shape index (κ3) is 4.01. The smallest absolute Gasteiger partial charge is 0.152 e. The van der Waals surface area contributed by atoms with Gasteiger partial charge in [0.1, 0.15) is 22.6 Å². The Labute approximate surface area is 181 Å². The average molecular weight is 420 g/mol. The summed E-state index contributed by atoms with van der Waals surface area (Å²) >= 11 is 0.